The molecule has 4 rings (SSSR count). The monoisotopic (exact) mass is 495 g/mol. The molecule has 192 valence electrons. The van der Waals surface area contributed by atoms with Gasteiger partial charge in [-0.25, -0.2) is 0 Å². The van der Waals surface area contributed by atoms with Gasteiger partial charge in [0.2, 0.25) is 11.7 Å². The molecule has 3 aromatic rings. The molecule has 9 nitrogen and oxygen atoms in total. The minimum atomic E-state index is -0.431. The lowest BCUT2D eigenvalue weighted by molar-refractivity contribution is -0.142. The molecule has 0 amide bonds. The van der Waals surface area contributed by atoms with Crippen molar-refractivity contribution in [3.05, 3.63) is 59.0 Å². The molecule has 0 fully saturated rings. The molecule has 1 aromatic carbocycles. The van der Waals surface area contributed by atoms with Crippen molar-refractivity contribution in [3.8, 4) is 11.5 Å². The van der Waals surface area contributed by atoms with Crippen LogP contribution in [0.25, 0.3) is 0 Å². The van der Waals surface area contributed by atoms with E-state index in [1.807, 2.05) is 69.5 Å². The first-order chi connectivity index (χ1) is 17.1. The maximum atomic E-state index is 12.8. The maximum absolute atomic E-state index is 12.8. The third kappa shape index (κ3) is 5.95. The number of nitrogens with zero attached hydrogens (tertiary/aromatic N) is 3. The van der Waals surface area contributed by atoms with Crippen LogP contribution in [-0.2, 0) is 27.9 Å². The predicted octanol–water partition coefficient (Wildman–Crippen LogP) is 4.37. The Hall–Kier alpha value is -3.62. The number of esters is 1. The topological polar surface area (TPSA) is 106 Å². The van der Waals surface area contributed by atoms with Crippen LogP contribution in [-0.4, -0.2) is 45.8 Å². The number of para-hydroxylation sites is 2. The molecule has 0 saturated carbocycles. The van der Waals surface area contributed by atoms with Crippen LogP contribution < -0.4 is 9.47 Å². The Morgan fingerprint density at radius 3 is 2.64 bits per heavy atom. The van der Waals surface area contributed by atoms with Crippen molar-refractivity contribution in [3.63, 3.8) is 0 Å². The number of aryl methyl sites for hydroxylation is 2. The van der Waals surface area contributed by atoms with Gasteiger partial charge >= 0.3 is 5.97 Å². The van der Waals surface area contributed by atoms with Crippen LogP contribution in [0.4, 0.5) is 0 Å². The number of Topliss-reactive ketones (excluding diaryl/α,β-unsaturated/α-hetero) is 1. The van der Waals surface area contributed by atoms with E-state index in [2.05, 4.69) is 10.1 Å². The van der Waals surface area contributed by atoms with Gasteiger partial charge in [0.15, 0.2) is 30.0 Å². The molecule has 1 aliphatic rings. The summed E-state index contributed by atoms with van der Waals surface area (Å²) in [6, 6.07) is 9.40. The molecular weight excluding hydrogens is 462 g/mol. The average Bonchev–Trinajstić information content (AvgIpc) is 3.43. The van der Waals surface area contributed by atoms with Crippen molar-refractivity contribution in [2.45, 2.75) is 71.9 Å². The highest BCUT2D eigenvalue weighted by molar-refractivity contribution is 5.99. The second-order valence-electron chi connectivity index (χ2n) is 10.1. The SMILES string of the molecule is Cc1cc(C(=O)COC(=O)CCCc2nc(C(C)(C)C)no2)c(C)n1CC1COc2ccccc2O1. The lowest BCUT2D eigenvalue weighted by Gasteiger charge is -2.27. The number of carbonyl (C=O) groups excluding carboxylic acids is 2. The number of carbonyl (C=O) groups is 2. The number of benzene rings is 1. The predicted molar refractivity (Wildman–Crippen MR) is 131 cm³/mol. The third-order valence-electron chi connectivity index (χ3n) is 6.10. The summed E-state index contributed by atoms with van der Waals surface area (Å²) in [7, 11) is 0. The molecule has 0 spiro atoms. The molecule has 0 aliphatic carbocycles. The molecular formula is C27H33N3O6. The molecule has 0 bridgehead atoms. The number of fused-ring (bicyclic) bond motifs is 1. The van der Waals surface area contributed by atoms with Crippen molar-refractivity contribution in [2.24, 2.45) is 0 Å². The van der Waals surface area contributed by atoms with Crippen molar-refractivity contribution in [1.82, 2.24) is 14.7 Å². The van der Waals surface area contributed by atoms with Gasteiger partial charge in [-0.1, -0.05) is 38.1 Å². The number of rotatable bonds is 9. The Kier molecular flexibility index (Phi) is 7.47. The van der Waals surface area contributed by atoms with E-state index in [4.69, 9.17) is 18.7 Å². The molecule has 0 radical (unpaired) electrons. The fourth-order valence-corrected chi connectivity index (χ4v) is 4.06. The molecule has 1 atom stereocenters. The van der Waals surface area contributed by atoms with Gasteiger partial charge in [-0.3, -0.25) is 9.59 Å². The lowest BCUT2D eigenvalue weighted by Crippen LogP contribution is -2.33. The van der Waals surface area contributed by atoms with Gasteiger partial charge in [-0.2, -0.15) is 4.98 Å². The lowest BCUT2D eigenvalue weighted by atomic mass is 9.96. The highest BCUT2D eigenvalue weighted by Gasteiger charge is 2.24. The highest BCUT2D eigenvalue weighted by Crippen LogP contribution is 2.31. The second-order valence-corrected chi connectivity index (χ2v) is 10.1. The Morgan fingerprint density at radius 1 is 1.17 bits per heavy atom. The number of hydrogen-bond donors (Lipinski definition) is 0. The number of hydrogen-bond acceptors (Lipinski definition) is 8. The number of ether oxygens (including phenoxy) is 3. The summed E-state index contributed by atoms with van der Waals surface area (Å²) in [5, 5.41) is 3.98. The minimum absolute atomic E-state index is 0.167. The minimum Gasteiger partial charge on any atom is -0.486 e. The van der Waals surface area contributed by atoms with Crippen LogP contribution in [0.5, 0.6) is 11.5 Å². The largest absolute Gasteiger partial charge is 0.486 e. The van der Waals surface area contributed by atoms with E-state index in [0.717, 1.165) is 17.1 Å². The van der Waals surface area contributed by atoms with Gasteiger partial charge in [0.05, 0.1) is 6.54 Å². The molecule has 1 unspecified atom stereocenters. The quantitative estimate of drug-likeness (QED) is 0.318. The van der Waals surface area contributed by atoms with Crippen LogP contribution in [0.1, 0.15) is 67.1 Å². The average molecular weight is 496 g/mol. The zero-order chi connectivity index (χ0) is 25.9. The Labute approximate surface area is 210 Å². The van der Waals surface area contributed by atoms with Crippen LogP contribution in [0, 0.1) is 13.8 Å². The van der Waals surface area contributed by atoms with Crippen LogP contribution in [0.2, 0.25) is 0 Å². The Balaban J connectivity index is 1.26. The summed E-state index contributed by atoms with van der Waals surface area (Å²) in [5.41, 5.74) is 2.08. The zero-order valence-corrected chi connectivity index (χ0v) is 21.5. The third-order valence-corrected chi connectivity index (χ3v) is 6.10. The van der Waals surface area contributed by atoms with Gasteiger partial charge in [0.25, 0.3) is 0 Å². The normalized spacial score (nSPS) is 15.1. The van der Waals surface area contributed by atoms with Crippen molar-refractivity contribution >= 4 is 11.8 Å². The van der Waals surface area contributed by atoms with E-state index in [1.54, 1.807) is 0 Å². The Morgan fingerprint density at radius 2 is 1.92 bits per heavy atom. The molecule has 1 aliphatic heterocycles. The van der Waals surface area contributed by atoms with Crippen LogP contribution >= 0.6 is 0 Å². The first-order valence-corrected chi connectivity index (χ1v) is 12.2. The van der Waals surface area contributed by atoms with Crippen molar-refractivity contribution < 1.29 is 28.3 Å². The molecule has 0 N–H and O–H groups in total. The van der Waals surface area contributed by atoms with E-state index in [1.165, 1.54) is 0 Å². The molecule has 0 saturated heterocycles. The summed E-state index contributed by atoms with van der Waals surface area (Å²) in [5.74, 6) is 1.91. The molecule has 2 aromatic heterocycles. The molecule has 3 heterocycles. The van der Waals surface area contributed by atoms with Crippen LogP contribution in [0.3, 0.4) is 0 Å². The van der Waals surface area contributed by atoms with Gasteiger partial charge in [-0.15, -0.1) is 0 Å². The van der Waals surface area contributed by atoms with Gasteiger partial charge in [0.1, 0.15) is 6.61 Å². The first kappa shape index (κ1) is 25.5. The van der Waals surface area contributed by atoms with Crippen molar-refractivity contribution in [1.29, 1.82) is 0 Å². The van der Waals surface area contributed by atoms with Crippen LogP contribution in [0.15, 0.2) is 34.9 Å². The zero-order valence-electron chi connectivity index (χ0n) is 21.5. The fourth-order valence-electron chi connectivity index (χ4n) is 4.06. The summed E-state index contributed by atoms with van der Waals surface area (Å²) in [6.07, 6.45) is 0.966. The smallest absolute Gasteiger partial charge is 0.306 e. The van der Waals surface area contributed by atoms with E-state index in [-0.39, 0.29) is 30.3 Å². The van der Waals surface area contributed by atoms with E-state index in [0.29, 0.717) is 49.0 Å². The van der Waals surface area contributed by atoms with Crippen molar-refractivity contribution in [2.75, 3.05) is 13.2 Å². The first-order valence-electron chi connectivity index (χ1n) is 12.2. The summed E-state index contributed by atoms with van der Waals surface area (Å²) >= 11 is 0. The Bertz CT molecular complexity index is 1240. The van der Waals surface area contributed by atoms with E-state index in [9.17, 15) is 9.59 Å². The standard InChI is InChI=1S/C27H33N3O6/c1-17-13-20(18(2)30(17)14-19-15-33-22-9-6-7-10-23(22)35-19)21(31)16-34-25(32)12-8-11-24-28-26(29-36-24)27(3,4)5/h6-7,9-10,13,19H,8,11-12,14-16H2,1-5H3. The maximum Gasteiger partial charge on any atom is 0.306 e. The summed E-state index contributed by atoms with van der Waals surface area (Å²) < 4.78 is 24.4. The number of ketones is 1. The van der Waals surface area contributed by atoms with E-state index >= 15 is 0 Å². The summed E-state index contributed by atoms with van der Waals surface area (Å²) in [6.45, 7) is 10.5. The van der Waals surface area contributed by atoms with E-state index < -0.39 is 5.97 Å². The molecule has 9 heteroatoms. The van der Waals surface area contributed by atoms with Gasteiger partial charge < -0.3 is 23.3 Å². The second kappa shape index (κ2) is 10.6. The van der Waals surface area contributed by atoms with Gasteiger partial charge in [-0.05, 0) is 38.5 Å². The fraction of sp³-hybridized carbons (Fsp3) is 0.481. The summed E-state index contributed by atoms with van der Waals surface area (Å²) in [4.78, 5) is 29.3. The molecule has 36 heavy (non-hydrogen) atoms. The highest BCUT2D eigenvalue weighted by atomic mass is 16.6. The number of aromatic nitrogens is 3. The van der Waals surface area contributed by atoms with Gasteiger partial charge in [0, 0.05) is 35.2 Å².